The Labute approximate surface area is 529 Å². The van der Waals surface area contributed by atoms with Crippen LogP contribution in [0, 0.1) is 47.3 Å². The van der Waals surface area contributed by atoms with Crippen LogP contribution in [-0.2, 0) is 39.8 Å². The molecular weight excluding hydrogens is 1270 g/mol. The Kier molecular flexibility index (Phi) is 29.1. The fourth-order valence-electron chi connectivity index (χ4n) is 17.3. The minimum Gasteiger partial charge on any atom is -0.373 e. The summed E-state index contributed by atoms with van der Waals surface area (Å²) in [5, 5.41) is 0. The average molecular weight is 1390 g/mol. The van der Waals surface area contributed by atoms with Gasteiger partial charge in [-0.05, 0) is 203 Å². The van der Waals surface area contributed by atoms with Crippen molar-refractivity contribution in [3.05, 3.63) is 0 Å². The maximum absolute atomic E-state index is 7.86. The zero-order valence-electron chi connectivity index (χ0n) is 51.6. The van der Waals surface area contributed by atoms with Crippen LogP contribution in [0.2, 0.25) is 0 Å². The lowest BCUT2D eigenvalue weighted by molar-refractivity contribution is 0.0493. The molecule has 0 aromatic rings. The summed E-state index contributed by atoms with van der Waals surface area (Å²) in [6, 6.07) is 0. The normalized spacial score (nSPS) is 33.8. The Morgan fingerprint density at radius 3 is 0.873 bits per heavy atom. The van der Waals surface area contributed by atoms with Gasteiger partial charge in [0.2, 0.25) is 0 Å². The third kappa shape index (κ3) is 11.4. The van der Waals surface area contributed by atoms with E-state index in [0.29, 0.717) is 101 Å². The van der Waals surface area contributed by atoms with Crippen molar-refractivity contribution < 1.29 is 39.8 Å². The Balaban J connectivity index is 2.15. The van der Waals surface area contributed by atoms with E-state index in [2.05, 4.69) is 136 Å². The second kappa shape index (κ2) is 31.7. The van der Waals surface area contributed by atoms with Crippen LogP contribution < -0.4 is 0 Å². The molecule has 14 atom stereocenters. The van der Waals surface area contributed by atoms with E-state index >= 15 is 0 Å². The number of hydrogen-bond acceptors (Lipinski definition) is 18. The molecule has 0 aliphatic heterocycles. The van der Waals surface area contributed by atoms with Crippen molar-refractivity contribution in [3.63, 3.8) is 0 Å². The monoisotopic (exact) mass is 1380 g/mol. The number of rotatable bonds is 42. The minimum absolute atomic E-state index is 0.0976. The van der Waals surface area contributed by atoms with Gasteiger partial charge in [-0.15, -0.1) is 67.4 Å². The zero-order chi connectivity index (χ0) is 58.0. The van der Waals surface area contributed by atoms with Gasteiger partial charge in [0.1, 0.15) is 3.41 Å². The molecule has 9 nitrogen and oxygen atoms in total. The van der Waals surface area contributed by atoms with Crippen LogP contribution in [0.1, 0.15) is 207 Å². The number of hydrogen-bond donors (Lipinski definition) is 3. The van der Waals surface area contributed by atoms with E-state index in [1.165, 1.54) is 32.1 Å². The molecule has 6 saturated carbocycles. The Morgan fingerprint density at radius 2 is 0.696 bits per heavy atom. The Bertz CT molecular complexity index is 1640. The Hall–Kier alpha value is 4.49. The quantitative estimate of drug-likeness (QED) is 0.0308. The smallest absolute Gasteiger partial charge is 0.373 e. The summed E-state index contributed by atoms with van der Waals surface area (Å²) in [7, 11) is -6.14. The molecule has 6 rings (SSSR count). The van der Waals surface area contributed by atoms with Gasteiger partial charge < -0.3 is 39.8 Å². The molecule has 0 heterocycles. The molecule has 6 aliphatic rings. The van der Waals surface area contributed by atoms with Crippen molar-refractivity contribution in [2.75, 3.05) is 76.7 Å². The first-order chi connectivity index (χ1) is 38.1. The second-order valence-corrected chi connectivity index (χ2v) is 61.8. The standard InChI is InChI=1S/C55H112O9S12Si3/c1-16-44(14)30-29-31-45(15)55(74(71-65,68-26-11)52(41-46-32-35-49(52)38-46)77(56-17-2,57-18-3)58-19-4,75(72-66,69-27-12)53(42-47-33-36-50(53)39-47)78(59-20-5,60-21-6)61-22-7)76(73-67,70-28-13)54(43-48-34-37-51(54)40-48)79(62-23-8,63-24-9)64-25-10/h44-51,65-67H,16-43H2,1-15H3. The molecule has 6 aliphatic carbocycles. The van der Waals surface area contributed by atoms with Crippen molar-refractivity contribution >= 4 is 148 Å². The molecule has 24 heteroatoms. The first-order valence-corrected chi connectivity index (χ1v) is 53.0. The summed E-state index contributed by atoms with van der Waals surface area (Å²) < 4.78 is 68.5. The van der Waals surface area contributed by atoms with Crippen molar-refractivity contribution in [3.8, 4) is 0 Å². The molecule has 0 saturated heterocycles. The fourth-order valence-corrected chi connectivity index (χ4v) is 114. The average Bonchev–Trinajstić information content (AvgIpc) is 1.91. The van der Waals surface area contributed by atoms with E-state index in [4.69, 9.17) is 74.8 Å². The van der Waals surface area contributed by atoms with Gasteiger partial charge in [-0.2, -0.15) is 0 Å². The van der Waals surface area contributed by atoms with Gasteiger partial charge in [-0.1, -0.05) is 104 Å². The van der Waals surface area contributed by atoms with Crippen molar-refractivity contribution in [2.45, 2.75) is 223 Å². The zero-order valence-corrected chi connectivity index (χ0v) is 64.6. The molecule has 0 radical (unpaired) electrons. The van der Waals surface area contributed by atoms with Gasteiger partial charge in [-0.3, -0.25) is 0 Å². The third-order valence-electron chi connectivity index (χ3n) is 19.3. The second-order valence-electron chi connectivity index (χ2n) is 22.9. The molecule has 0 amide bonds. The molecule has 6 bridgehead atoms. The maximum Gasteiger partial charge on any atom is 0.518 e. The fraction of sp³-hybridized carbons (Fsp3) is 1.00. The first-order valence-electron chi connectivity index (χ1n) is 31.2. The van der Waals surface area contributed by atoms with E-state index in [1.54, 1.807) is 0 Å². The summed E-state index contributed by atoms with van der Waals surface area (Å²) in [6.45, 7) is 39.5. The molecule has 0 aromatic carbocycles. The van der Waals surface area contributed by atoms with Gasteiger partial charge in [0.25, 0.3) is 0 Å². The Morgan fingerprint density at radius 1 is 0.430 bits per heavy atom. The van der Waals surface area contributed by atoms with Crippen LogP contribution in [0.4, 0.5) is 0 Å². The molecule has 0 N–H and O–H groups in total. The summed E-state index contributed by atoms with van der Waals surface area (Å²) >= 11 is 18.9. The van der Waals surface area contributed by atoms with Gasteiger partial charge in [0.15, 0.2) is 0 Å². The molecule has 6 fully saturated rings. The highest BCUT2D eigenvalue weighted by atomic mass is 33.8. The molecule has 79 heavy (non-hydrogen) atoms. The topological polar surface area (TPSA) is 83.1 Å². The molecular formula is C55H112O9S12Si3. The highest BCUT2D eigenvalue weighted by Gasteiger charge is 2.93. The first kappa shape index (κ1) is 72.6. The lowest BCUT2D eigenvalue weighted by Crippen LogP contribution is -2.77. The minimum atomic E-state index is -3.82. The van der Waals surface area contributed by atoms with Gasteiger partial charge >= 0.3 is 26.4 Å². The SMILES string of the molecule is CCO[Si](OCC)(OCC)C1(S(SS)(SCC)C(C(C)CCCC(C)CC)(S(SS)(SCC)C2([Si](OCC)(OCC)OCC)CC3CCC2C3)S(SS)(SCC)C2([Si](OCC)(OCC)OCC)CC3CCC2C3)CC2CCC1C2. The van der Waals surface area contributed by atoms with E-state index in [0.717, 1.165) is 87.9 Å². The van der Waals surface area contributed by atoms with Crippen LogP contribution in [-0.4, -0.2) is 120 Å². The lowest BCUT2D eigenvalue weighted by atomic mass is 9.97. The van der Waals surface area contributed by atoms with Crippen LogP contribution in [0.3, 0.4) is 0 Å². The molecule has 0 aromatic heterocycles. The molecule has 470 valence electrons. The predicted molar refractivity (Wildman–Crippen MR) is 379 cm³/mol. The molecule has 14 unspecified atom stereocenters. The van der Waals surface area contributed by atoms with Crippen molar-refractivity contribution in [1.29, 1.82) is 0 Å². The summed E-state index contributed by atoms with van der Waals surface area (Å²) in [5.41, 5.74) is 0. The lowest BCUT2D eigenvalue weighted by Gasteiger charge is -2.83. The summed E-state index contributed by atoms with van der Waals surface area (Å²) in [5.74, 6) is 5.84. The third-order valence-corrected chi connectivity index (χ3v) is 86.7. The van der Waals surface area contributed by atoms with E-state index < -0.39 is 67.2 Å². The number of thiol groups is 3. The van der Waals surface area contributed by atoms with E-state index in [1.807, 2.05) is 29.5 Å². The van der Waals surface area contributed by atoms with E-state index in [9.17, 15) is 0 Å². The van der Waals surface area contributed by atoms with Gasteiger partial charge in [-0.25, -0.2) is 0 Å². The summed E-state index contributed by atoms with van der Waals surface area (Å²) in [6.07, 6.45) is 18.0. The van der Waals surface area contributed by atoms with E-state index in [-0.39, 0.29) is 5.92 Å². The van der Waals surface area contributed by atoms with Crippen LogP contribution in [0.15, 0.2) is 0 Å². The summed E-state index contributed by atoms with van der Waals surface area (Å²) in [4.78, 5) is 0. The number of fused-ring (bicyclic) bond motifs is 6. The van der Waals surface area contributed by atoms with Crippen LogP contribution >= 0.6 is 121 Å². The predicted octanol–water partition coefficient (Wildman–Crippen LogP) is 19.8. The van der Waals surface area contributed by atoms with Crippen molar-refractivity contribution in [1.82, 2.24) is 0 Å². The largest absolute Gasteiger partial charge is 0.518 e. The maximum atomic E-state index is 7.86. The highest BCUT2D eigenvalue weighted by molar-refractivity contribution is 9.51. The van der Waals surface area contributed by atoms with Crippen LogP contribution in [0.5, 0.6) is 0 Å². The highest BCUT2D eigenvalue weighted by Crippen LogP contribution is 3.15. The van der Waals surface area contributed by atoms with Gasteiger partial charge in [0, 0.05) is 76.7 Å². The van der Waals surface area contributed by atoms with Crippen molar-refractivity contribution in [2.24, 2.45) is 47.3 Å². The van der Waals surface area contributed by atoms with Crippen LogP contribution in [0.25, 0.3) is 0 Å². The molecule has 0 spiro atoms. The van der Waals surface area contributed by atoms with Gasteiger partial charge in [0.05, 0.1) is 13.1 Å².